The summed E-state index contributed by atoms with van der Waals surface area (Å²) < 4.78 is 2.15. The lowest BCUT2D eigenvalue weighted by atomic mass is 9.92. The molecule has 4 aromatic rings. The fourth-order valence-corrected chi connectivity index (χ4v) is 4.06. The number of rotatable bonds is 3. The highest BCUT2D eigenvalue weighted by Crippen LogP contribution is 2.28. The minimum absolute atomic E-state index is 0.323. The van der Waals surface area contributed by atoms with E-state index in [1.807, 2.05) is 6.07 Å². The lowest BCUT2D eigenvalue weighted by molar-refractivity contribution is 0.410. The second kappa shape index (κ2) is 6.35. The predicted octanol–water partition coefficient (Wildman–Crippen LogP) is 3.29. The first-order valence-corrected chi connectivity index (χ1v) is 9.50. The first-order valence-electron chi connectivity index (χ1n) is 9.50. The number of anilines is 1. The minimum Gasteiger partial charge on any atom is -0.351 e. The zero-order valence-corrected chi connectivity index (χ0v) is 15.3. The number of hydrogen-bond donors (Lipinski definition) is 3. The van der Waals surface area contributed by atoms with Crippen molar-refractivity contribution < 1.29 is 0 Å². The summed E-state index contributed by atoms with van der Waals surface area (Å²) in [5, 5.41) is 4.70. The van der Waals surface area contributed by atoms with Gasteiger partial charge in [-0.3, -0.25) is 4.57 Å². The number of aromatic nitrogens is 5. The summed E-state index contributed by atoms with van der Waals surface area (Å²) in [7, 11) is 0. The Kier molecular flexibility index (Phi) is 3.82. The number of imidazole rings is 1. The zero-order chi connectivity index (χ0) is 18.4. The Labute approximate surface area is 157 Å². The quantitative estimate of drug-likeness (QED) is 0.520. The number of benzene rings is 1. The van der Waals surface area contributed by atoms with Crippen molar-refractivity contribution in [2.24, 2.45) is 5.73 Å². The van der Waals surface area contributed by atoms with Crippen LogP contribution in [0.5, 0.6) is 0 Å². The lowest BCUT2D eigenvalue weighted by Gasteiger charge is -2.26. The van der Waals surface area contributed by atoms with Crippen LogP contribution in [0.1, 0.15) is 31.4 Å². The molecule has 7 heteroatoms. The molecular formula is C20H23N7. The maximum Gasteiger partial charge on any atom is 0.227 e. The largest absolute Gasteiger partial charge is 0.351 e. The van der Waals surface area contributed by atoms with Crippen molar-refractivity contribution in [1.29, 1.82) is 0 Å². The van der Waals surface area contributed by atoms with E-state index in [9.17, 15) is 0 Å². The van der Waals surface area contributed by atoms with Crippen molar-refractivity contribution in [2.45, 2.75) is 44.7 Å². The van der Waals surface area contributed by atoms with Crippen LogP contribution in [0.15, 0.2) is 36.7 Å². The molecule has 0 unspecified atom stereocenters. The molecule has 0 spiro atoms. The van der Waals surface area contributed by atoms with Gasteiger partial charge in [0, 0.05) is 23.2 Å². The second-order valence-corrected chi connectivity index (χ2v) is 7.41. The van der Waals surface area contributed by atoms with Gasteiger partial charge >= 0.3 is 0 Å². The molecule has 0 aliphatic heterocycles. The van der Waals surface area contributed by atoms with Crippen LogP contribution < -0.4 is 11.1 Å². The molecule has 0 atom stereocenters. The molecule has 3 heterocycles. The zero-order valence-electron chi connectivity index (χ0n) is 15.3. The van der Waals surface area contributed by atoms with Gasteiger partial charge in [-0.05, 0) is 44.7 Å². The highest BCUT2D eigenvalue weighted by atomic mass is 15.2. The van der Waals surface area contributed by atoms with Gasteiger partial charge in [0.2, 0.25) is 5.95 Å². The Bertz CT molecular complexity index is 1100. The Morgan fingerprint density at radius 3 is 2.81 bits per heavy atom. The second-order valence-electron chi connectivity index (χ2n) is 7.41. The fraction of sp³-hybridized carbons (Fsp3) is 0.350. The topological polar surface area (TPSA) is 97.4 Å². The molecule has 1 saturated carbocycles. The van der Waals surface area contributed by atoms with Crippen LogP contribution in [-0.2, 0) is 0 Å². The monoisotopic (exact) mass is 361 g/mol. The molecule has 0 radical (unpaired) electrons. The summed E-state index contributed by atoms with van der Waals surface area (Å²) in [6.07, 6.45) is 5.85. The summed E-state index contributed by atoms with van der Waals surface area (Å²) in [6, 6.07) is 11.2. The van der Waals surface area contributed by atoms with Gasteiger partial charge in [-0.15, -0.1) is 0 Å². The maximum atomic E-state index is 6.03. The van der Waals surface area contributed by atoms with E-state index in [0.29, 0.717) is 18.0 Å². The molecule has 1 aliphatic carbocycles. The number of nitrogens with one attached hydrogen (secondary N) is 2. The Balaban J connectivity index is 1.61. The van der Waals surface area contributed by atoms with Crippen LogP contribution in [0.2, 0.25) is 0 Å². The highest BCUT2D eigenvalue weighted by Gasteiger charge is 2.21. The predicted molar refractivity (Wildman–Crippen MR) is 107 cm³/mol. The van der Waals surface area contributed by atoms with Crippen LogP contribution >= 0.6 is 0 Å². The minimum atomic E-state index is 0.323. The summed E-state index contributed by atoms with van der Waals surface area (Å²) in [4.78, 5) is 17.1. The molecule has 4 N–H and O–H groups in total. The van der Waals surface area contributed by atoms with Gasteiger partial charge in [0.05, 0.1) is 11.8 Å². The Morgan fingerprint density at radius 1 is 1.15 bits per heavy atom. The molecule has 0 amide bonds. The van der Waals surface area contributed by atoms with E-state index in [2.05, 4.69) is 56.0 Å². The van der Waals surface area contributed by atoms with E-state index in [-0.39, 0.29) is 0 Å². The van der Waals surface area contributed by atoms with Crippen molar-refractivity contribution >= 4 is 28.0 Å². The van der Waals surface area contributed by atoms with Crippen molar-refractivity contribution in [1.82, 2.24) is 24.5 Å². The number of nitrogens with two attached hydrogens (primary N) is 1. The number of nitrogens with zero attached hydrogens (tertiary/aromatic N) is 4. The van der Waals surface area contributed by atoms with Gasteiger partial charge in [-0.2, -0.15) is 9.97 Å². The van der Waals surface area contributed by atoms with E-state index in [4.69, 9.17) is 10.7 Å². The van der Waals surface area contributed by atoms with E-state index in [1.54, 1.807) is 6.33 Å². The van der Waals surface area contributed by atoms with Crippen molar-refractivity contribution in [3.8, 4) is 5.82 Å². The Morgan fingerprint density at radius 2 is 1.96 bits per heavy atom. The van der Waals surface area contributed by atoms with Gasteiger partial charge < -0.3 is 16.0 Å². The third kappa shape index (κ3) is 2.84. The van der Waals surface area contributed by atoms with Gasteiger partial charge in [0.1, 0.15) is 0 Å². The standard InChI is InChI=1S/C20H23N7/c1-12-10-13-4-2-3-5-16(13)27(12)19-17-18(23-11-22-17)25-20(26-19)24-15-8-6-14(21)7-9-15/h2-5,10-11,14-15H,6-9,21H2,1H3,(H2,22,23,24,25,26). The van der Waals surface area contributed by atoms with Crippen molar-refractivity contribution in [3.05, 3.63) is 42.4 Å². The maximum absolute atomic E-state index is 6.03. The number of fused-ring (bicyclic) bond motifs is 2. The first kappa shape index (κ1) is 16.3. The van der Waals surface area contributed by atoms with Crippen LogP contribution in [0.3, 0.4) is 0 Å². The third-order valence-electron chi connectivity index (χ3n) is 5.47. The molecular weight excluding hydrogens is 338 g/mol. The molecule has 1 fully saturated rings. The summed E-state index contributed by atoms with van der Waals surface area (Å²) in [5.41, 5.74) is 9.79. The Hall–Kier alpha value is -2.93. The fourth-order valence-electron chi connectivity index (χ4n) is 4.06. The first-order chi connectivity index (χ1) is 13.2. The van der Waals surface area contributed by atoms with Gasteiger partial charge in [-0.25, -0.2) is 4.98 Å². The molecule has 1 aliphatic rings. The smallest absolute Gasteiger partial charge is 0.227 e. The average molecular weight is 361 g/mol. The van der Waals surface area contributed by atoms with Crippen LogP contribution in [-0.4, -0.2) is 36.6 Å². The van der Waals surface area contributed by atoms with E-state index in [0.717, 1.165) is 53.9 Å². The summed E-state index contributed by atoms with van der Waals surface area (Å²) in [5.74, 6) is 1.44. The summed E-state index contributed by atoms with van der Waals surface area (Å²) >= 11 is 0. The third-order valence-corrected chi connectivity index (χ3v) is 5.47. The number of aromatic amines is 1. The van der Waals surface area contributed by atoms with E-state index >= 15 is 0 Å². The molecule has 0 bridgehead atoms. The molecule has 3 aromatic heterocycles. The molecule has 1 aromatic carbocycles. The van der Waals surface area contributed by atoms with Gasteiger partial charge in [-0.1, -0.05) is 18.2 Å². The number of para-hydroxylation sites is 1. The molecule has 5 rings (SSSR count). The molecule has 0 saturated heterocycles. The molecule has 138 valence electrons. The lowest BCUT2D eigenvalue weighted by Crippen LogP contribution is -2.33. The van der Waals surface area contributed by atoms with Crippen molar-refractivity contribution in [3.63, 3.8) is 0 Å². The van der Waals surface area contributed by atoms with E-state index in [1.165, 1.54) is 5.39 Å². The molecule has 27 heavy (non-hydrogen) atoms. The van der Waals surface area contributed by atoms with Crippen molar-refractivity contribution in [2.75, 3.05) is 5.32 Å². The van der Waals surface area contributed by atoms with Crippen LogP contribution in [0.4, 0.5) is 5.95 Å². The van der Waals surface area contributed by atoms with Gasteiger partial charge in [0.15, 0.2) is 17.0 Å². The number of hydrogen-bond acceptors (Lipinski definition) is 5. The average Bonchev–Trinajstić information content (AvgIpc) is 3.26. The highest BCUT2D eigenvalue weighted by molar-refractivity contribution is 5.87. The number of aryl methyl sites for hydroxylation is 1. The summed E-state index contributed by atoms with van der Waals surface area (Å²) in [6.45, 7) is 2.09. The SMILES string of the molecule is Cc1cc2ccccc2n1-c1nc(NC2CCC(N)CC2)nc2[nH]cnc12. The normalized spacial score (nSPS) is 20.4. The number of H-pyrrole nitrogens is 1. The van der Waals surface area contributed by atoms with E-state index < -0.39 is 0 Å². The molecule has 7 nitrogen and oxygen atoms in total. The van der Waals surface area contributed by atoms with Crippen LogP contribution in [0, 0.1) is 6.92 Å². The van der Waals surface area contributed by atoms with Gasteiger partial charge in [0.25, 0.3) is 0 Å². The van der Waals surface area contributed by atoms with Crippen LogP contribution in [0.25, 0.3) is 27.9 Å².